The number of rotatable bonds is 0. The van der Waals surface area contributed by atoms with Crippen LogP contribution in [0.4, 0.5) is 0 Å². The number of hydrogen-bond donors (Lipinski definition) is 0. The summed E-state index contributed by atoms with van der Waals surface area (Å²) in [4.78, 5) is 11.1. The van der Waals surface area contributed by atoms with E-state index in [-0.39, 0.29) is 11.9 Å². The Bertz CT molecular complexity index is 208. The SMILES string of the molecule is C[C@H]1C=C[C@H]2COC(=O)[C@@H]2C1. The molecule has 60 valence electrons. The zero-order valence-electron chi connectivity index (χ0n) is 6.62. The summed E-state index contributed by atoms with van der Waals surface area (Å²) in [5.74, 6) is 1.08. The molecule has 11 heavy (non-hydrogen) atoms. The van der Waals surface area contributed by atoms with Crippen LogP contribution in [0.3, 0.4) is 0 Å². The smallest absolute Gasteiger partial charge is 0.309 e. The fourth-order valence-electron chi connectivity index (χ4n) is 1.85. The molecule has 0 N–H and O–H groups in total. The van der Waals surface area contributed by atoms with Gasteiger partial charge >= 0.3 is 5.97 Å². The van der Waals surface area contributed by atoms with Crippen molar-refractivity contribution in [3.8, 4) is 0 Å². The Hall–Kier alpha value is -0.790. The highest BCUT2D eigenvalue weighted by molar-refractivity contribution is 5.75. The quantitative estimate of drug-likeness (QED) is 0.387. The first-order chi connectivity index (χ1) is 5.27. The highest BCUT2D eigenvalue weighted by Gasteiger charge is 2.37. The van der Waals surface area contributed by atoms with E-state index in [4.69, 9.17) is 4.74 Å². The van der Waals surface area contributed by atoms with E-state index in [1.807, 2.05) is 0 Å². The van der Waals surface area contributed by atoms with Crippen molar-refractivity contribution in [2.24, 2.45) is 17.8 Å². The Morgan fingerprint density at radius 1 is 1.55 bits per heavy atom. The second-order valence-corrected chi connectivity index (χ2v) is 3.50. The molecule has 0 amide bonds. The van der Waals surface area contributed by atoms with Gasteiger partial charge in [-0.2, -0.15) is 0 Å². The van der Waals surface area contributed by atoms with Gasteiger partial charge in [-0.3, -0.25) is 4.79 Å². The number of hydrogen-bond acceptors (Lipinski definition) is 2. The molecule has 1 heterocycles. The Kier molecular flexibility index (Phi) is 1.48. The minimum Gasteiger partial charge on any atom is -0.465 e. The molecule has 1 saturated heterocycles. The number of cyclic esters (lactones) is 1. The predicted octanol–water partition coefficient (Wildman–Crippen LogP) is 1.37. The van der Waals surface area contributed by atoms with Gasteiger partial charge in [-0.25, -0.2) is 0 Å². The summed E-state index contributed by atoms with van der Waals surface area (Å²) in [7, 11) is 0. The van der Waals surface area contributed by atoms with Crippen LogP contribution in [0, 0.1) is 17.8 Å². The highest BCUT2D eigenvalue weighted by Crippen LogP contribution is 2.33. The van der Waals surface area contributed by atoms with Crippen LogP contribution in [0.15, 0.2) is 12.2 Å². The molecule has 2 nitrogen and oxygen atoms in total. The fourth-order valence-corrected chi connectivity index (χ4v) is 1.85. The average Bonchev–Trinajstić information content (AvgIpc) is 2.33. The van der Waals surface area contributed by atoms with Crippen molar-refractivity contribution in [3.63, 3.8) is 0 Å². The van der Waals surface area contributed by atoms with E-state index in [2.05, 4.69) is 19.1 Å². The van der Waals surface area contributed by atoms with Crippen molar-refractivity contribution in [3.05, 3.63) is 12.2 Å². The van der Waals surface area contributed by atoms with Crippen LogP contribution in [0.2, 0.25) is 0 Å². The summed E-state index contributed by atoms with van der Waals surface area (Å²) in [5.41, 5.74) is 0. The molecular formula is C9H12O2. The Labute approximate surface area is 66.2 Å². The first kappa shape index (κ1) is 6.89. The van der Waals surface area contributed by atoms with Gasteiger partial charge in [0, 0.05) is 5.92 Å². The third kappa shape index (κ3) is 1.06. The maximum absolute atomic E-state index is 11.1. The first-order valence-electron chi connectivity index (χ1n) is 4.12. The van der Waals surface area contributed by atoms with Gasteiger partial charge in [-0.1, -0.05) is 19.1 Å². The van der Waals surface area contributed by atoms with E-state index in [0.29, 0.717) is 18.4 Å². The molecule has 0 unspecified atom stereocenters. The molecule has 0 aromatic rings. The van der Waals surface area contributed by atoms with Crippen molar-refractivity contribution in [1.29, 1.82) is 0 Å². The highest BCUT2D eigenvalue weighted by atomic mass is 16.5. The summed E-state index contributed by atoms with van der Waals surface area (Å²) < 4.78 is 4.96. The number of carbonyl (C=O) groups excluding carboxylic acids is 1. The van der Waals surface area contributed by atoms with Crippen molar-refractivity contribution in [2.75, 3.05) is 6.61 Å². The van der Waals surface area contributed by atoms with Gasteiger partial charge in [0.2, 0.25) is 0 Å². The Morgan fingerprint density at radius 2 is 2.36 bits per heavy atom. The van der Waals surface area contributed by atoms with E-state index in [1.165, 1.54) is 0 Å². The molecule has 0 aromatic carbocycles. The van der Waals surface area contributed by atoms with Crippen molar-refractivity contribution in [2.45, 2.75) is 13.3 Å². The molecule has 0 aromatic heterocycles. The van der Waals surface area contributed by atoms with Crippen LogP contribution < -0.4 is 0 Å². The third-order valence-electron chi connectivity index (χ3n) is 2.55. The van der Waals surface area contributed by atoms with Crippen molar-refractivity contribution in [1.82, 2.24) is 0 Å². The van der Waals surface area contributed by atoms with E-state index in [9.17, 15) is 4.79 Å². The summed E-state index contributed by atoms with van der Waals surface area (Å²) in [6, 6.07) is 0. The van der Waals surface area contributed by atoms with Crippen LogP contribution >= 0.6 is 0 Å². The molecule has 1 aliphatic carbocycles. The number of esters is 1. The zero-order valence-corrected chi connectivity index (χ0v) is 6.62. The molecule has 3 atom stereocenters. The van der Waals surface area contributed by atoms with Gasteiger partial charge in [0.15, 0.2) is 0 Å². The molecule has 2 heteroatoms. The minimum absolute atomic E-state index is 0.00574. The molecular weight excluding hydrogens is 140 g/mol. The number of fused-ring (bicyclic) bond motifs is 1. The molecule has 1 fully saturated rings. The average molecular weight is 152 g/mol. The second-order valence-electron chi connectivity index (χ2n) is 3.50. The maximum atomic E-state index is 11.1. The predicted molar refractivity (Wildman–Crippen MR) is 40.9 cm³/mol. The van der Waals surface area contributed by atoms with E-state index in [0.717, 1.165) is 6.42 Å². The Balaban J connectivity index is 2.18. The summed E-state index contributed by atoms with van der Waals surface area (Å²) >= 11 is 0. The van der Waals surface area contributed by atoms with Gasteiger partial charge in [-0.15, -0.1) is 0 Å². The molecule has 0 spiro atoms. The largest absolute Gasteiger partial charge is 0.465 e. The van der Waals surface area contributed by atoms with Crippen LogP contribution in [-0.4, -0.2) is 12.6 Å². The normalized spacial score (nSPS) is 41.9. The second kappa shape index (κ2) is 2.36. The minimum atomic E-state index is 0.00574. The molecule has 0 radical (unpaired) electrons. The molecule has 1 aliphatic heterocycles. The Morgan fingerprint density at radius 3 is 3.18 bits per heavy atom. The van der Waals surface area contributed by atoms with E-state index in [1.54, 1.807) is 0 Å². The maximum Gasteiger partial charge on any atom is 0.309 e. The fraction of sp³-hybridized carbons (Fsp3) is 0.667. The lowest BCUT2D eigenvalue weighted by Crippen LogP contribution is -2.20. The van der Waals surface area contributed by atoms with Crippen molar-refractivity contribution >= 4 is 5.97 Å². The number of carbonyl (C=O) groups is 1. The lowest BCUT2D eigenvalue weighted by atomic mass is 9.82. The number of ether oxygens (including phenoxy) is 1. The van der Waals surface area contributed by atoms with Gasteiger partial charge in [-0.05, 0) is 12.3 Å². The summed E-state index contributed by atoms with van der Waals surface area (Å²) in [6.45, 7) is 2.74. The topological polar surface area (TPSA) is 26.3 Å². The first-order valence-corrected chi connectivity index (χ1v) is 4.12. The molecule has 2 aliphatic rings. The van der Waals surface area contributed by atoms with Gasteiger partial charge in [0.1, 0.15) is 0 Å². The van der Waals surface area contributed by atoms with Crippen LogP contribution in [0.5, 0.6) is 0 Å². The van der Waals surface area contributed by atoms with E-state index < -0.39 is 0 Å². The van der Waals surface area contributed by atoms with Crippen LogP contribution in [0.25, 0.3) is 0 Å². The van der Waals surface area contributed by atoms with Gasteiger partial charge < -0.3 is 4.74 Å². The molecule has 0 bridgehead atoms. The standard InChI is InChI=1S/C9H12O2/c1-6-2-3-7-5-11-9(10)8(7)4-6/h2-3,6-8H,4-5H2,1H3/t6-,7-,8+/m0/s1. The van der Waals surface area contributed by atoms with Crippen LogP contribution in [-0.2, 0) is 9.53 Å². The lowest BCUT2D eigenvalue weighted by Gasteiger charge is -2.19. The zero-order chi connectivity index (χ0) is 7.84. The van der Waals surface area contributed by atoms with Gasteiger partial charge in [0.25, 0.3) is 0 Å². The molecule has 0 saturated carbocycles. The van der Waals surface area contributed by atoms with E-state index >= 15 is 0 Å². The van der Waals surface area contributed by atoms with Crippen molar-refractivity contribution < 1.29 is 9.53 Å². The summed E-state index contributed by atoms with van der Waals surface area (Å²) in [6.07, 6.45) is 5.28. The lowest BCUT2D eigenvalue weighted by molar-refractivity contribution is -0.141. The third-order valence-corrected chi connectivity index (χ3v) is 2.55. The summed E-state index contributed by atoms with van der Waals surface area (Å²) in [5, 5.41) is 0. The molecule has 2 rings (SSSR count). The number of allylic oxidation sites excluding steroid dienone is 1. The monoisotopic (exact) mass is 152 g/mol. The van der Waals surface area contributed by atoms with Gasteiger partial charge in [0.05, 0.1) is 12.5 Å². The van der Waals surface area contributed by atoms with Crippen LogP contribution in [0.1, 0.15) is 13.3 Å².